The fourth-order valence-corrected chi connectivity index (χ4v) is 3.14. The van der Waals surface area contributed by atoms with Crippen LogP contribution in [0.3, 0.4) is 0 Å². The van der Waals surface area contributed by atoms with Crippen molar-refractivity contribution in [2.24, 2.45) is 14.1 Å². The third-order valence-electron chi connectivity index (χ3n) is 4.52. The largest absolute Gasteiger partial charge is 0.332 e. The lowest BCUT2D eigenvalue weighted by Crippen LogP contribution is -2.38. The van der Waals surface area contributed by atoms with Crippen LogP contribution in [0.5, 0.6) is 0 Å². The summed E-state index contributed by atoms with van der Waals surface area (Å²) >= 11 is 0. The summed E-state index contributed by atoms with van der Waals surface area (Å²) < 4.78 is 4.05. The van der Waals surface area contributed by atoms with Gasteiger partial charge in [0.1, 0.15) is 5.69 Å². The Bertz CT molecular complexity index is 1300. The fourth-order valence-electron chi connectivity index (χ4n) is 3.14. The molecule has 0 atom stereocenters. The number of hydrogen-bond acceptors (Lipinski definition) is 5. The molecule has 1 aromatic carbocycles. The van der Waals surface area contributed by atoms with E-state index < -0.39 is 11.2 Å². The smallest absolute Gasteiger partial charge is 0.279 e. The van der Waals surface area contributed by atoms with Gasteiger partial charge in [-0.2, -0.15) is 5.10 Å². The van der Waals surface area contributed by atoms with Gasteiger partial charge in [-0.25, -0.2) is 19.4 Å². The Hall–Kier alpha value is -3.55. The molecular weight excluding hydrogens is 344 g/mol. The molecule has 3 heterocycles. The minimum atomic E-state index is -0.474. The molecule has 0 aliphatic heterocycles. The summed E-state index contributed by atoms with van der Waals surface area (Å²) in [5, 5.41) is 4.51. The monoisotopic (exact) mass is 362 g/mol. The Kier molecular flexibility index (Phi) is 3.76. The van der Waals surface area contributed by atoms with Crippen LogP contribution in [-0.4, -0.2) is 28.9 Å². The van der Waals surface area contributed by atoms with Crippen LogP contribution in [0.2, 0.25) is 0 Å². The maximum absolute atomic E-state index is 12.6. The highest BCUT2D eigenvalue weighted by Crippen LogP contribution is 2.25. The van der Waals surface area contributed by atoms with E-state index in [4.69, 9.17) is 0 Å². The molecule has 0 fully saturated rings. The van der Waals surface area contributed by atoms with E-state index in [-0.39, 0.29) is 11.2 Å². The topological polar surface area (TPSA) is 87.6 Å². The quantitative estimate of drug-likeness (QED) is 0.539. The van der Waals surface area contributed by atoms with Gasteiger partial charge in [-0.05, 0) is 19.9 Å². The zero-order valence-corrected chi connectivity index (χ0v) is 15.5. The number of benzene rings is 1. The zero-order valence-electron chi connectivity index (χ0n) is 15.5. The third-order valence-corrected chi connectivity index (χ3v) is 4.52. The van der Waals surface area contributed by atoms with E-state index in [1.165, 1.54) is 11.6 Å². The van der Waals surface area contributed by atoms with E-state index in [0.717, 1.165) is 21.5 Å². The molecule has 8 heteroatoms. The predicted octanol–water partition coefficient (Wildman–Crippen LogP) is 1.50. The SMILES string of the molecule is Cc1cc(C)n(-c2nc3c(nc2-c2ccccc2)c(=O)n(C)c(=O)n3C)n1. The predicted molar refractivity (Wildman–Crippen MR) is 102 cm³/mol. The molecule has 27 heavy (non-hydrogen) atoms. The van der Waals surface area contributed by atoms with Crippen molar-refractivity contribution >= 4 is 11.2 Å². The van der Waals surface area contributed by atoms with Crippen molar-refractivity contribution in [3.63, 3.8) is 0 Å². The van der Waals surface area contributed by atoms with Crippen molar-refractivity contribution in [2.45, 2.75) is 13.8 Å². The Morgan fingerprint density at radius 1 is 0.926 bits per heavy atom. The van der Waals surface area contributed by atoms with Crippen LogP contribution < -0.4 is 11.2 Å². The summed E-state index contributed by atoms with van der Waals surface area (Å²) in [5.41, 5.74) is 2.51. The van der Waals surface area contributed by atoms with Crippen LogP contribution in [0, 0.1) is 13.8 Å². The van der Waals surface area contributed by atoms with Crippen molar-refractivity contribution in [3.05, 3.63) is 68.6 Å². The van der Waals surface area contributed by atoms with Gasteiger partial charge in [-0.15, -0.1) is 0 Å². The van der Waals surface area contributed by atoms with Crippen LogP contribution in [0.25, 0.3) is 28.2 Å². The highest BCUT2D eigenvalue weighted by molar-refractivity contribution is 5.78. The molecule has 4 rings (SSSR count). The number of rotatable bonds is 2. The lowest BCUT2D eigenvalue weighted by Gasteiger charge is -2.13. The van der Waals surface area contributed by atoms with E-state index in [1.807, 2.05) is 50.2 Å². The van der Waals surface area contributed by atoms with Gasteiger partial charge in [-0.1, -0.05) is 30.3 Å². The van der Waals surface area contributed by atoms with Crippen LogP contribution in [0.4, 0.5) is 0 Å². The fraction of sp³-hybridized carbons (Fsp3) is 0.211. The molecule has 0 N–H and O–H groups in total. The maximum Gasteiger partial charge on any atom is 0.332 e. The molecule has 0 saturated carbocycles. The zero-order chi connectivity index (χ0) is 19.3. The minimum Gasteiger partial charge on any atom is -0.279 e. The molecular formula is C19H18N6O2. The molecule has 0 aliphatic carbocycles. The first-order valence-corrected chi connectivity index (χ1v) is 8.45. The summed E-state index contributed by atoms with van der Waals surface area (Å²) in [5.74, 6) is 0.475. The van der Waals surface area contributed by atoms with Gasteiger partial charge in [0, 0.05) is 25.4 Å². The standard InChI is InChI=1S/C19H18N6O2/c1-11-10-12(2)25(22-11)17-14(13-8-6-5-7-9-13)20-15-16(21-17)23(3)19(27)24(4)18(15)26/h5-10H,1-4H3. The molecule has 0 saturated heterocycles. The summed E-state index contributed by atoms with van der Waals surface area (Å²) in [4.78, 5) is 34.2. The number of aromatic nitrogens is 6. The second kappa shape index (κ2) is 6.01. The van der Waals surface area contributed by atoms with Crippen LogP contribution >= 0.6 is 0 Å². The Morgan fingerprint density at radius 2 is 1.63 bits per heavy atom. The molecule has 0 spiro atoms. The second-order valence-electron chi connectivity index (χ2n) is 6.48. The molecule has 0 unspecified atom stereocenters. The Labute approximate surface area is 154 Å². The Balaban J connectivity index is 2.19. The second-order valence-corrected chi connectivity index (χ2v) is 6.48. The van der Waals surface area contributed by atoms with Crippen molar-refractivity contribution in [2.75, 3.05) is 0 Å². The van der Waals surface area contributed by atoms with Crippen molar-refractivity contribution in [3.8, 4) is 17.1 Å². The van der Waals surface area contributed by atoms with Crippen molar-refractivity contribution in [1.82, 2.24) is 28.9 Å². The number of aryl methyl sites for hydroxylation is 3. The van der Waals surface area contributed by atoms with Crippen molar-refractivity contribution < 1.29 is 0 Å². The van der Waals surface area contributed by atoms with E-state index in [1.54, 1.807) is 11.7 Å². The van der Waals surface area contributed by atoms with Crippen LogP contribution in [-0.2, 0) is 14.1 Å². The highest BCUT2D eigenvalue weighted by atomic mass is 16.2. The summed E-state index contributed by atoms with van der Waals surface area (Å²) in [7, 11) is 3.01. The lowest BCUT2D eigenvalue weighted by atomic mass is 10.1. The van der Waals surface area contributed by atoms with Gasteiger partial charge in [0.05, 0.1) is 5.69 Å². The third kappa shape index (κ3) is 2.57. The van der Waals surface area contributed by atoms with E-state index in [9.17, 15) is 9.59 Å². The first-order valence-electron chi connectivity index (χ1n) is 8.45. The van der Waals surface area contributed by atoms with E-state index >= 15 is 0 Å². The van der Waals surface area contributed by atoms with Gasteiger partial charge in [-0.3, -0.25) is 13.9 Å². The maximum atomic E-state index is 12.6. The van der Waals surface area contributed by atoms with Gasteiger partial charge in [0.15, 0.2) is 17.0 Å². The molecule has 4 aromatic rings. The lowest BCUT2D eigenvalue weighted by molar-refractivity contribution is 0.700. The number of hydrogen-bond donors (Lipinski definition) is 0. The molecule has 136 valence electrons. The molecule has 0 amide bonds. The summed E-state index contributed by atoms with van der Waals surface area (Å²) in [6, 6.07) is 11.4. The number of fused-ring (bicyclic) bond motifs is 1. The molecule has 0 bridgehead atoms. The van der Waals surface area contributed by atoms with Gasteiger partial charge < -0.3 is 0 Å². The summed E-state index contributed by atoms with van der Waals surface area (Å²) in [6.07, 6.45) is 0. The van der Waals surface area contributed by atoms with Gasteiger partial charge >= 0.3 is 5.69 Å². The minimum absolute atomic E-state index is 0.142. The molecule has 0 aliphatic rings. The Morgan fingerprint density at radius 3 is 2.26 bits per heavy atom. The molecule has 3 aromatic heterocycles. The average Bonchev–Trinajstić information content (AvgIpc) is 3.02. The van der Waals surface area contributed by atoms with Crippen molar-refractivity contribution in [1.29, 1.82) is 0 Å². The molecule has 0 radical (unpaired) electrons. The van der Waals surface area contributed by atoms with Gasteiger partial charge in [0.2, 0.25) is 0 Å². The van der Waals surface area contributed by atoms with Crippen LogP contribution in [0.15, 0.2) is 46.0 Å². The van der Waals surface area contributed by atoms with E-state index in [2.05, 4.69) is 15.1 Å². The van der Waals surface area contributed by atoms with E-state index in [0.29, 0.717) is 11.5 Å². The first kappa shape index (κ1) is 16.9. The average molecular weight is 362 g/mol. The number of nitrogens with zero attached hydrogens (tertiary/aromatic N) is 6. The highest BCUT2D eigenvalue weighted by Gasteiger charge is 2.19. The first-order chi connectivity index (χ1) is 12.9. The normalized spacial score (nSPS) is 11.3. The molecule has 8 nitrogen and oxygen atoms in total. The van der Waals surface area contributed by atoms with Gasteiger partial charge in [0.25, 0.3) is 5.56 Å². The van der Waals surface area contributed by atoms with Crippen LogP contribution in [0.1, 0.15) is 11.4 Å². The summed E-state index contributed by atoms with van der Waals surface area (Å²) in [6.45, 7) is 3.81.